The van der Waals surface area contributed by atoms with Crippen molar-refractivity contribution in [2.75, 3.05) is 26.2 Å². The summed E-state index contributed by atoms with van der Waals surface area (Å²) in [6.07, 6.45) is 8.07. The summed E-state index contributed by atoms with van der Waals surface area (Å²) in [6.45, 7) is 6.74. The van der Waals surface area contributed by atoms with Crippen LogP contribution in [0.4, 0.5) is 0 Å². The number of aromatic nitrogens is 2. The monoisotopic (exact) mass is 310 g/mol. The van der Waals surface area contributed by atoms with Crippen LogP contribution in [0.15, 0.2) is 42.7 Å². The molecule has 0 radical (unpaired) electrons. The molecule has 4 nitrogen and oxygen atoms in total. The van der Waals surface area contributed by atoms with Gasteiger partial charge in [-0.15, -0.1) is 0 Å². The van der Waals surface area contributed by atoms with E-state index in [1.165, 1.54) is 56.8 Å². The van der Waals surface area contributed by atoms with Gasteiger partial charge in [-0.25, -0.2) is 4.98 Å². The summed E-state index contributed by atoms with van der Waals surface area (Å²) in [5.41, 5.74) is 1.91. The van der Waals surface area contributed by atoms with Crippen molar-refractivity contribution in [2.45, 2.75) is 32.4 Å². The van der Waals surface area contributed by atoms with Gasteiger partial charge in [-0.2, -0.15) is 0 Å². The minimum Gasteiger partial charge on any atom is -0.329 e. The summed E-state index contributed by atoms with van der Waals surface area (Å²) >= 11 is 0. The first kappa shape index (κ1) is 14.9. The lowest BCUT2D eigenvalue weighted by Crippen LogP contribution is -2.38. The van der Waals surface area contributed by atoms with Gasteiger partial charge in [-0.3, -0.25) is 4.90 Å². The predicted molar refractivity (Wildman–Crippen MR) is 92.2 cm³/mol. The molecule has 1 aromatic heterocycles. The maximum absolute atomic E-state index is 4.62. The van der Waals surface area contributed by atoms with Crippen LogP contribution >= 0.6 is 0 Å². The zero-order valence-corrected chi connectivity index (χ0v) is 13.7. The summed E-state index contributed by atoms with van der Waals surface area (Å²) in [5, 5.41) is 3.50. The van der Waals surface area contributed by atoms with Crippen LogP contribution in [0.25, 0.3) is 0 Å². The van der Waals surface area contributed by atoms with E-state index in [0.717, 1.165) is 13.1 Å². The largest absolute Gasteiger partial charge is 0.329 e. The number of hydrogen-bond acceptors (Lipinski definition) is 3. The molecule has 3 heterocycles. The highest BCUT2D eigenvalue weighted by atomic mass is 15.2. The number of nitrogens with zero attached hydrogens (tertiary/aromatic N) is 3. The second-order valence-electron chi connectivity index (χ2n) is 7.17. The Morgan fingerprint density at radius 1 is 1.04 bits per heavy atom. The number of nitrogens with one attached hydrogen (secondary N) is 1. The van der Waals surface area contributed by atoms with Crippen LogP contribution in [0.5, 0.6) is 0 Å². The number of imidazole rings is 1. The van der Waals surface area contributed by atoms with Gasteiger partial charge in [0.15, 0.2) is 0 Å². The van der Waals surface area contributed by atoms with Gasteiger partial charge >= 0.3 is 0 Å². The van der Waals surface area contributed by atoms with Crippen molar-refractivity contribution in [3.63, 3.8) is 0 Å². The van der Waals surface area contributed by atoms with E-state index in [-0.39, 0.29) is 0 Å². The number of likely N-dealkylation sites (tertiary alicyclic amines) is 1. The van der Waals surface area contributed by atoms with Crippen LogP contribution in [0.2, 0.25) is 0 Å². The van der Waals surface area contributed by atoms with Gasteiger partial charge < -0.3 is 9.88 Å². The molecule has 2 aromatic rings. The first-order chi connectivity index (χ1) is 11.3. The van der Waals surface area contributed by atoms with Gasteiger partial charge in [-0.05, 0) is 49.9 Å². The molecule has 2 fully saturated rings. The van der Waals surface area contributed by atoms with Crippen molar-refractivity contribution < 1.29 is 0 Å². The zero-order chi connectivity index (χ0) is 15.5. The van der Waals surface area contributed by atoms with Crippen molar-refractivity contribution in [1.29, 1.82) is 0 Å². The fourth-order valence-electron chi connectivity index (χ4n) is 4.14. The van der Waals surface area contributed by atoms with Gasteiger partial charge in [0.2, 0.25) is 0 Å². The third-order valence-corrected chi connectivity index (χ3v) is 5.54. The Morgan fingerprint density at radius 3 is 2.70 bits per heavy atom. The molecule has 23 heavy (non-hydrogen) atoms. The van der Waals surface area contributed by atoms with E-state index in [0.29, 0.717) is 5.41 Å². The molecule has 2 saturated heterocycles. The average molecular weight is 310 g/mol. The van der Waals surface area contributed by atoms with E-state index in [1.807, 2.05) is 6.20 Å². The molecule has 2 aliphatic heterocycles. The fraction of sp³-hybridized carbons (Fsp3) is 0.526. The number of piperidine rings is 1. The van der Waals surface area contributed by atoms with E-state index in [4.69, 9.17) is 0 Å². The van der Waals surface area contributed by atoms with Crippen LogP contribution in [0, 0.1) is 5.41 Å². The molecule has 0 atom stereocenters. The van der Waals surface area contributed by atoms with Crippen molar-refractivity contribution in [3.8, 4) is 0 Å². The van der Waals surface area contributed by atoms with E-state index in [2.05, 4.69) is 56.3 Å². The summed E-state index contributed by atoms with van der Waals surface area (Å²) in [5.74, 6) is 1.19. The Labute approximate surface area is 138 Å². The van der Waals surface area contributed by atoms with Crippen molar-refractivity contribution >= 4 is 0 Å². The molecule has 1 N–H and O–H groups in total. The Balaban J connectivity index is 1.41. The molecular weight excluding hydrogens is 284 g/mol. The molecule has 0 aliphatic carbocycles. The number of rotatable bonds is 4. The van der Waals surface area contributed by atoms with Crippen LogP contribution in [-0.4, -0.2) is 40.6 Å². The summed E-state index contributed by atoms with van der Waals surface area (Å²) in [4.78, 5) is 7.22. The molecule has 2 aliphatic rings. The lowest BCUT2D eigenvalue weighted by Gasteiger charge is -2.33. The quantitative estimate of drug-likeness (QED) is 0.942. The standard InChI is InChI=1S/C19H26N4/c1-2-4-17(5-3-1)14-23-13-11-21-18(23)15-22-12-8-19(16-22)6-9-20-10-7-19/h1-5,11,13,20H,6-10,12,14-16H2. The van der Waals surface area contributed by atoms with E-state index in [1.54, 1.807) is 0 Å². The topological polar surface area (TPSA) is 33.1 Å². The summed E-state index contributed by atoms with van der Waals surface area (Å²) < 4.78 is 2.29. The van der Waals surface area contributed by atoms with E-state index in [9.17, 15) is 0 Å². The minimum absolute atomic E-state index is 0.572. The Morgan fingerprint density at radius 2 is 1.87 bits per heavy atom. The zero-order valence-electron chi connectivity index (χ0n) is 13.7. The number of hydrogen-bond donors (Lipinski definition) is 1. The predicted octanol–water partition coefficient (Wildman–Crippen LogP) is 2.51. The third-order valence-electron chi connectivity index (χ3n) is 5.54. The molecule has 4 rings (SSSR count). The second-order valence-corrected chi connectivity index (χ2v) is 7.17. The molecule has 4 heteroatoms. The Hall–Kier alpha value is -1.65. The molecule has 0 saturated carbocycles. The Bertz CT molecular complexity index is 628. The highest BCUT2D eigenvalue weighted by molar-refractivity contribution is 5.15. The van der Waals surface area contributed by atoms with Gasteiger partial charge in [0, 0.05) is 25.5 Å². The molecule has 1 aromatic carbocycles. The maximum atomic E-state index is 4.62. The second kappa shape index (κ2) is 6.46. The van der Waals surface area contributed by atoms with E-state index < -0.39 is 0 Å². The Kier molecular flexibility index (Phi) is 4.19. The molecule has 0 bridgehead atoms. The lowest BCUT2D eigenvalue weighted by molar-refractivity contribution is 0.191. The highest BCUT2D eigenvalue weighted by Crippen LogP contribution is 2.38. The number of benzene rings is 1. The van der Waals surface area contributed by atoms with Crippen LogP contribution in [0.1, 0.15) is 30.7 Å². The highest BCUT2D eigenvalue weighted by Gasteiger charge is 2.38. The van der Waals surface area contributed by atoms with Gasteiger partial charge in [0.25, 0.3) is 0 Å². The lowest BCUT2D eigenvalue weighted by atomic mass is 9.78. The summed E-state index contributed by atoms with van der Waals surface area (Å²) in [6, 6.07) is 10.6. The normalized spacial score (nSPS) is 21.0. The molecule has 122 valence electrons. The molecule has 1 spiro atoms. The third kappa shape index (κ3) is 3.33. The van der Waals surface area contributed by atoms with Crippen LogP contribution in [-0.2, 0) is 13.1 Å². The smallest absolute Gasteiger partial charge is 0.123 e. The van der Waals surface area contributed by atoms with Crippen LogP contribution < -0.4 is 5.32 Å². The average Bonchev–Trinajstić information content (AvgIpc) is 3.17. The van der Waals surface area contributed by atoms with Gasteiger partial charge in [-0.1, -0.05) is 30.3 Å². The SMILES string of the molecule is c1ccc(Cn2ccnc2CN2CCC3(CCNCC3)C2)cc1. The van der Waals surface area contributed by atoms with Gasteiger partial charge in [0.05, 0.1) is 6.54 Å². The minimum atomic E-state index is 0.572. The fourth-order valence-corrected chi connectivity index (χ4v) is 4.14. The maximum Gasteiger partial charge on any atom is 0.123 e. The van der Waals surface area contributed by atoms with E-state index >= 15 is 0 Å². The van der Waals surface area contributed by atoms with Crippen molar-refractivity contribution in [1.82, 2.24) is 19.8 Å². The first-order valence-corrected chi connectivity index (χ1v) is 8.80. The summed E-state index contributed by atoms with van der Waals surface area (Å²) in [7, 11) is 0. The van der Waals surface area contributed by atoms with Crippen LogP contribution in [0.3, 0.4) is 0 Å². The molecule has 0 unspecified atom stereocenters. The molecule has 0 amide bonds. The molecular formula is C19H26N4. The van der Waals surface area contributed by atoms with Crippen molar-refractivity contribution in [2.24, 2.45) is 5.41 Å². The first-order valence-electron chi connectivity index (χ1n) is 8.80. The van der Waals surface area contributed by atoms with Gasteiger partial charge in [0.1, 0.15) is 5.82 Å². The van der Waals surface area contributed by atoms with Crippen molar-refractivity contribution in [3.05, 3.63) is 54.1 Å².